The second kappa shape index (κ2) is 10.3. The third kappa shape index (κ3) is 4.97. The Morgan fingerprint density at radius 3 is 2.29 bits per heavy atom. The molecular formula is C25H31N5O3S2. The predicted molar refractivity (Wildman–Crippen MR) is 141 cm³/mol. The molecule has 0 amide bonds. The van der Waals surface area contributed by atoms with Crippen LogP contribution in [-0.4, -0.2) is 85.5 Å². The maximum atomic E-state index is 13.1. The summed E-state index contributed by atoms with van der Waals surface area (Å²) in [5, 5.41) is 1.09. The summed E-state index contributed by atoms with van der Waals surface area (Å²) in [6, 6.07) is 14.8. The van der Waals surface area contributed by atoms with E-state index in [4.69, 9.17) is 14.7 Å². The summed E-state index contributed by atoms with van der Waals surface area (Å²) < 4.78 is 33.0. The molecule has 10 heteroatoms. The van der Waals surface area contributed by atoms with E-state index in [0.29, 0.717) is 36.8 Å². The number of piperazine rings is 1. The van der Waals surface area contributed by atoms with E-state index in [9.17, 15) is 8.42 Å². The number of rotatable bonds is 6. The zero-order valence-corrected chi connectivity index (χ0v) is 21.8. The summed E-state index contributed by atoms with van der Waals surface area (Å²) in [7, 11) is -1.97. The van der Waals surface area contributed by atoms with E-state index < -0.39 is 10.0 Å². The van der Waals surface area contributed by atoms with Crippen molar-refractivity contribution in [3.05, 3.63) is 54.4 Å². The number of hydrogen-bond donors (Lipinski definition) is 0. The average molecular weight is 514 g/mol. The quantitative estimate of drug-likeness (QED) is 0.497. The fourth-order valence-electron chi connectivity index (χ4n) is 4.67. The Bertz CT molecular complexity index is 1270. The molecule has 0 bridgehead atoms. The van der Waals surface area contributed by atoms with Gasteiger partial charge in [-0.3, -0.25) is 4.90 Å². The Labute approximate surface area is 211 Å². The minimum Gasteiger partial charge on any atom is -0.497 e. The van der Waals surface area contributed by atoms with Gasteiger partial charge in [-0.05, 0) is 43.3 Å². The van der Waals surface area contributed by atoms with Gasteiger partial charge < -0.3 is 9.64 Å². The molecule has 0 saturated carbocycles. The van der Waals surface area contributed by atoms with E-state index >= 15 is 0 Å². The highest BCUT2D eigenvalue weighted by Gasteiger charge is 2.31. The number of hydrogen-bond acceptors (Lipinski definition) is 8. The first-order valence-electron chi connectivity index (χ1n) is 11.9. The first-order valence-corrected chi connectivity index (χ1v) is 14.5. The van der Waals surface area contributed by atoms with Crippen LogP contribution in [0, 0.1) is 0 Å². The van der Waals surface area contributed by atoms with Crippen LogP contribution in [0.1, 0.15) is 18.8 Å². The van der Waals surface area contributed by atoms with Crippen LogP contribution in [0.3, 0.4) is 0 Å². The third-order valence-electron chi connectivity index (χ3n) is 6.80. The van der Waals surface area contributed by atoms with Gasteiger partial charge in [0.2, 0.25) is 10.0 Å². The van der Waals surface area contributed by atoms with Gasteiger partial charge in [0.1, 0.15) is 17.4 Å². The van der Waals surface area contributed by atoms with Gasteiger partial charge in [-0.25, -0.2) is 18.4 Å². The molecule has 35 heavy (non-hydrogen) atoms. The van der Waals surface area contributed by atoms with E-state index in [0.717, 1.165) is 47.1 Å². The third-order valence-corrected chi connectivity index (χ3v) is 9.66. The number of benzene rings is 2. The number of thioether (sulfide) groups is 1. The number of ether oxygens (including phenoxy) is 1. The molecule has 3 aromatic rings. The molecule has 0 spiro atoms. The van der Waals surface area contributed by atoms with Crippen LogP contribution in [-0.2, 0) is 10.0 Å². The Morgan fingerprint density at radius 1 is 0.914 bits per heavy atom. The van der Waals surface area contributed by atoms with Crippen LogP contribution in [0.2, 0.25) is 0 Å². The largest absolute Gasteiger partial charge is 0.497 e. The van der Waals surface area contributed by atoms with Gasteiger partial charge in [0.25, 0.3) is 0 Å². The van der Waals surface area contributed by atoms with Crippen molar-refractivity contribution in [3.63, 3.8) is 0 Å². The standard InChI is InChI=1S/C25H31N5O3S2/c1-19(24-26-23-6-4-3-5-22(23)25(27-24)29-15-17-34-18-16-29)28-11-13-30(14-12-28)35(31,32)21-9-7-20(33-2)8-10-21/h3-10,19H,11-18H2,1-2H3. The van der Waals surface area contributed by atoms with Crippen molar-refractivity contribution in [2.45, 2.75) is 17.9 Å². The van der Waals surface area contributed by atoms with Crippen molar-refractivity contribution in [1.29, 1.82) is 0 Å². The molecule has 2 aliphatic heterocycles. The van der Waals surface area contributed by atoms with Crippen LogP contribution in [0.5, 0.6) is 5.75 Å². The number of sulfonamides is 1. The summed E-state index contributed by atoms with van der Waals surface area (Å²) in [4.78, 5) is 14.9. The van der Waals surface area contributed by atoms with Gasteiger partial charge in [0.05, 0.1) is 23.6 Å². The van der Waals surface area contributed by atoms with Crippen LogP contribution >= 0.6 is 11.8 Å². The van der Waals surface area contributed by atoms with E-state index in [-0.39, 0.29) is 6.04 Å². The molecular weight excluding hydrogens is 482 g/mol. The zero-order valence-electron chi connectivity index (χ0n) is 20.1. The lowest BCUT2D eigenvalue weighted by atomic mass is 10.2. The molecule has 2 aromatic carbocycles. The Morgan fingerprint density at radius 2 is 1.60 bits per heavy atom. The molecule has 1 atom stereocenters. The van der Waals surface area contributed by atoms with Crippen molar-refractivity contribution < 1.29 is 13.2 Å². The maximum Gasteiger partial charge on any atom is 0.243 e. The highest BCUT2D eigenvalue weighted by Crippen LogP contribution is 2.30. The number of para-hydroxylation sites is 1. The van der Waals surface area contributed by atoms with Crippen LogP contribution in [0.15, 0.2) is 53.4 Å². The van der Waals surface area contributed by atoms with Crippen molar-refractivity contribution >= 4 is 38.5 Å². The van der Waals surface area contributed by atoms with Crippen molar-refractivity contribution in [2.24, 2.45) is 0 Å². The summed E-state index contributed by atoms with van der Waals surface area (Å²) in [6.45, 7) is 6.21. The number of aromatic nitrogens is 2. The lowest BCUT2D eigenvalue weighted by Crippen LogP contribution is -2.49. The fourth-order valence-corrected chi connectivity index (χ4v) is 7.00. The van der Waals surface area contributed by atoms with E-state index in [1.54, 1.807) is 35.7 Å². The van der Waals surface area contributed by atoms with Gasteiger partial charge in [-0.15, -0.1) is 0 Å². The molecule has 1 unspecified atom stereocenters. The number of methoxy groups -OCH3 is 1. The normalized spacial score (nSPS) is 19.1. The summed E-state index contributed by atoms with van der Waals surface area (Å²) in [5.41, 5.74) is 0.957. The molecule has 3 heterocycles. The Hall–Kier alpha value is -2.40. The van der Waals surface area contributed by atoms with Crippen molar-refractivity contribution in [1.82, 2.24) is 19.2 Å². The van der Waals surface area contributed by atoms with Gasteiger partial charge in [0.15, 0.2) is 0 Å². The molecule has 0 N–H and O–H groups in total. The van der Waals surface area contributed by atoms with Gasteiger partial charge in [-0.2, -0.15) is 16.1 Å². The highest BCUT2D eigenvalue weighted by atomic mass is 32.2. The van der Waals surface area contributed by atoms with Gasteiger partial charge in [-0.1, -0.05) is 12.1 Å². The summed E-state index contributed by atoms with van der Waals surface area (Å²) in [5.74, 6) is 4.66. The van der Waals surface area contributed by atoms with Crippen LogP contribution in [0.25, 0.3) is 10.9 Å². The molecule has 0 aliphatic carbocycles. The number of fused-ring (bicyclic) bond motifs is 1. The van der Waals surface area contributed by atoms with Crippen molar-refractivity contribution in [2.75, 3.05) is 62.8 Å². The predicted octanol–water partition coefficient (Wildman–Crippen LogP) is 3.26. The first kappa shape index (κ1) is 24.3. The molecule has 2 aliphatic rings. The van der Waals surface area contributed by atoms with Crippen LogP contribution < -0.4 is 9.64 Å². The Balaban J connectivity index is 1.33. The zero-order chi connectivity index (χ0) is 24.4. The summed E-state index contributed by atoms with van der Waals surface area (Å²) >= 11 is 1.98. The molecule has 0 radical (unpaired) electrons. The molecule has 8 nitrogen and oxygen atoms in total. The lowest BCUT2D eigenvalue weighted by molar-refractivity contribution is 0.141. The SMILES string of the molecule is COc1ccc(S(=O)(=O)N2CCN(C(C)c3nc(N4CCSCC4)c4ccccc4n3)CC2)cc1. The molecule has 1 aromatic heterocycles. The molecule has 2 saturated heterocycles. The summed E-state index contributed by atoms with van der Waals surface area (Å²) in [6.07, 6.45) is 0. The average Bonchev–Trinajstić information content (AvgIpc) is 2.92. The number of anilines is 1. The first-order chi connectivity index (χ1) is 17.0. The molecule has 5 rings (SSSR count). The fraction of sp³-hybridized carbons (Fsp3) is 0.440. The van der Waals surface area contributed by atoms with Gasteiger partial charge in [0, 0.05) is 56.2 Å². The minimum absolute atomic E-state index is 0.0108. The van der Waals surface area contributed by atoms with E-state index in [2.05, 4.69) is 28.9 Å². The van der Waals surface area contributed by atoms with Crippen molar-refractivity contribution in [3.8, 4) is 5.75 Å². The monoisotopic (exact) mass is 513 g/mol. The van der Waals surface area contributed by atoms with Crippen LogP contribution in [0.4, 0.5) is 5.82 Å². The molecule has 186 valence electrons. The van der Waals surface area contributed by atoms with Gasteiger partial charge >= 0.3 is 0 Å². The van der Waals surface area contributed by atoms with E-state index in [1.807, 2.05) is 23.9 Å². The second-order valence-electron chi connectivity index (χ2n) is 8.81. The topological polar surface area (TPSA) is 78.9 Å². The van der Waals surface area contributed by atoms with E-state index in [1.165, 1.54) is 0 Å². The second-order valence-corrected chi connectivity index (χ2v) is 12.0. The maximum absolute atomic E-state index is 13.1. The lowest BCUT2D eigenvalue weighted by Gasteiger charge is -2.37. The number of nitrogens with zero attached hydrogens (tertiary/aromatic N) is 5. The minimum atomic E-state index is -3.54. The Kier molecular flexibility index (Phi) is 7.15. The highest BCUT2D eigenvalue weighted by molar-refractivity contribution is 7.99. The molecule has 2 fully saturated rings. The smallest absolute Gasteiger partial charge is 0.243 e.